The molecule has 1 heterocycles. The van der Waals surface area contributed by atoms with Gasteiger partial charge in [-0.05, 0) is 29.0 Å². The van der Waals surface area contributed by atoms with E-state index in [-0.39, 0.29) is 0 Å². The lowest BCUT2D eigenvalue weighted by atomic mass is 10.0. The van der Waals surface area contributed by atoms with E-state index in [1.54, 1.807) is 11.3 Å². The lowest BCUT2D eigenvalue weighted by molar-refractivity contribution is 1.39. The maximum atomic E-state index is 6.02. The van der Waals surface area contributed by atoms with Gasteiger partial charge < -0.3 is 5.32 Å². The number of hydrogen-bond acceptors (Lipinski definition) is 3. The van der Waals surface area contributed by atoms with Crippen LogP contribution in [0, 0.1) is 0 Å². The van der Waals surface area contributed by atoms with Crippen molar-refractivity contribution in [2.45, 2.75) is 0 Å². The molecule has 0 unspecified atom stereocenters. The standard InChI is InChI=1S/C19H13ClN2S/c20-14-7-4-8-15(11-14)21-19-22-18(12-23-19)17-10-3-6-13-5-1-2-9-16(13)17/h1-12H,(H,21,22). The summed E-state index contributed by atoms with van der Waals surface area (Å²) in [5.74, 6) is 0. The third kappa shape index (κ3) is 2.93. The molecule has 0 bridgehead atoms. The Morgan fingerprint density at radius 1 is 0.913 bits per heavy atom. The lowest BCUT2D eigenvalue weighted by Crippen LogP contribution is -1.89. The number of thiazole rings is 1. The third-order valence-electron chi connectivity index (χ3n) is 3.65. The minimum Gasteiger partial charge on any atom is -0.331 e. The topological polar surface area (TPSA) is 24.9 Å². The van der Waals surface area contributed by atoms with Crippen LogP contribution in [0.5, 0.6) is 0 Å². The van der Waals surface area contributed by atoms with Crippen LogP contribution in [0.2, 0.25) is 5.02 Å². The molecule has 1 N–H and O–H groups in total. The third-order valence-corrected chi connectivity index (χ3v) is 4.64. The van der Waals surface area contributed by atoms with Crippen LogP contribution in [0.15, 0.2) is 72.1 Å². The molecule has 2 nitrogen and oxygen atoms in total. The Hall–Kier alpha value is -2.36. The van der Waals surface area contributed by atoms with Gasteiger partial charge in [-0.2, -0.15) is 0 Å². The van der Waals surface area contributed by atoms with Gasteiger partial charge in [-0.1, -0.05) is 60.1 Å². The maximum Gasteiger partial charge on any atom is 0.187 e. The number of anilines is 2. The van der Waals surface area contributed by atoms with Crippen molar-refractivity contribution in [1.82, 2.24) is 4.98 Å². The van der Waals surface area contributed by atoms with Gasteiger partial charge in [0.15, 0.2) is 5.13 Å². The van der Waals surface area contributed by atoms with Crippen molar-refractivity contribution in [2.24, 2.45) is 0 Å². The molecule has 0 spiro atoms. The summed E-state index contributed by atoms with van der Waals surface area (Å²) in [5.41, 5.74) is 3.08. The van der Waals surface area contributed by atoms with Crippen molar-refractivity contribution in [1.29, 1.82) is 0 Å². The molecule has 23 heavy (non-hydrogen) atoms. The largest absolute Gasteiger partial charge is 0.331 e. The van der Waals surface area contributed by atoms with Gasteiger partial charge in [0.25, 0.3) is 0 Å². The molecule has 0 atom stereocenters. The van der Waals surface area contributed by atoms with Crippen LogP contribution in [0.4, 0.5) is 10.8 Å². The van der Waals surface area contributed by atoms with E-state index in [4.69, 9.17) is 16.6 Å². The first-order valence-electron chi connectivity index (χ1n) is 7.26. The minimum absolute atomic E-state index is 0.709. The normalized spacial score (nSPS) is 10.8. The highest BCUT2D eigenvalue weighted by atomic mass is 35.5. The summed E-state index contributed by atoms with van der Waals surface area (Å²) in [7, 11) is 0. The molecule has 1 aromatic heterocycles. The Kier molecular flexibility index (Phi) is 3.74. The zero-order valence-electron chi connectivity index (χ0n) is 12.2. The van der Waals surface area contributed by atoms with Gasteiger partial charge >= 0.3 is 0 Å². The number of rotatable bonds is 3. The van der Waals surface area contributed by atoms with Crippen molar-refractivity contribution in [3.8, 4) is 11.3 Å². The first-order valence-corrected chi connectivity index (χ1v) is 8.52. The first kappa shape index (κ1) is 14.2. The number of nitrogens with zero attached hydrogens (tertiary/aromatic N) is 1. The van der Waals surface area contributed by atoms with Crippen LogP contribution >= 0.6 is 22.9 Å². The molecule has 0 aliphatic carbocycles. The number of nitrogens with one attached hydrogen (secondary N) is 1. The van der Waals surface area contributed by atoms with Gasteiger partial charge in [-0.3, -0.25) is 0 Å². The maximum absolute atomic E-state index is 6.02. The minimum atomic E-state index is 0.709. The smallest absolute Gasteiger partial charge is 0.187 e. The van der Waals surface area contributed by atoms with E-state index in [1.165, 1.54) is 10.8 Å². The van der Waals surface area contributed by atoms with E-state index < -0.39 is 0 Å². The van der Waals surface area contributed by atoms with Gasteiger partial charge in [0.2, 0.25) is 0 Å². The molecule has 0 amide bonds. The second-order valence-corrected chi connectivity index (χ2v) is 6.49. The zero-order valence-corrected chi connectivity index (χ0v) is 13.7. The van der Waals surface area contributed by atoms with Crippen LogP contribution in [-0.4, -0.2) is 4.98 Å². The van der Waals surface area contributed by atoms with Crippen LogP contribution < -0.4 is 5.32 Å². The SMILES string of the molecule is Clc1cccc(Nc2nc(-c3cccc4ccccc34)cs2)c1. The Balaban J connectivity index is 1.70. The monoisotopic (exact) mass is 336 g/mol. The van der Waals surface area contributed by atoms with E-state index in [0.29, 0.717) is 5.02 Å². The molecule has 0 aliphatic rings. The molecule has 0 saturated heterocycles. The Morgan fingerprint density at radius 3 is 2.65 bits per heavy atom. The fourth-order valence-corrected chi connectivity index (χ4v) is 3.51. The number of fused-ring (bicyclic) bond motifs is 1. The van der Waals surface area contributed by atoms with Gasteiger partial charge in [0.05, 0.1) is 5.69 Å². The second kappa shape index (κ2) is 6.03. The molecular formula is C19H13ClN2S. The van der Waals surface area contributed by atoms with Crippen LogP contribution in [-0.2, 0) is 0 Å². The number of aromatic nitrogens is 1. The highest BCUT2D eigenvalue weighted by Gasteiger charge is 2.08. The van der Waals surface area contributed by atoms with Crippen molar-refractivity contribution < 1.29 is 0 Å². The quantitative estimate of drug-likeness (QED) is 0.470. The van der Waals surface area contributed by atoms with E-state index in [2.05, 4.69) is 53.2 Å². The molecule has 4 aromatic rings. The number of benzene rings is 3. The second-order valence-electron chi connectivity index (χ2n) is 5.20. The Labute approximate surface area is 143 Å². The number of hydrogen-bond donors (Lipinski definition) is 1. The van der Waals surface area contributed by atoms with Crippen molar-refractivity contribution >= 4 is 44.5 Å². The molecule has 4 heteroatoms. The molecule has 4 rings (SSSR count). The van der Waals surface area contributed by atoms with Crippen LogP contribution in [0.3, 0.4) is 0 Å². The number of halogens is 1. The molecule has 3 aromatic carbocycles. The highest BCUT2D eigenvalue weighted by Crippen LogP contribution is 2.32. The van der Waals surface area contributed by atoms with Gasteiger partial charge in [-0.25, -0.2) is 4.98 Å². The van der Waals surface area contributed by atoms with E-state index in [1.807, 2.05) is 24.3 Å². The van der Waals surface area contributed by atoms with Crippen LogP contribution in [0.1, 0.15) is 0 Å². The van der Waals surface area contributed by atoms with E-state index in [0.717, 1.165) is 22.1 Å². The predicted octanol–water partition coefficient (Wildman–Crippen LogP) is 6.36. The van der Waals surface area contributed by atoms with Gasteiger partial charge in [0.1, 0.15) is 0 Å². The molecular weight excluding hydrogens is 324 g/mol. The summed E-state index contributed by atoms with van der Waals surface area (Å²) in [6.07, 6.45) is 0. The molecule has 0 saturated carbocycles. The predicted molar refractivity (Wildman–Crippen MR) is 99.8 cm³/mol. The highest BCUT2D eigenvalue weighted by molar-refractivity contribution is 7.14. The van der Waals surface area contributed by atoms with Crippen LogP contribution in [0.25, 0.3) is 22.0 Å². The fourth-order valence-electron chi connectivity index (χ4n) is 2.59. The van der Waals surface area contributed by atoms with Crippen molar-refractivity contribution in [3.63, 3.8) is 0 Å². The van der Waals surface area contributed by atoms with E-state index >= 15 is 0 Å². The summed E-state index contributed by atoms with van der Waals surface area (Å²) >= 11 is 7.61. The molecule has 112 valence electrons. The van der Waals surface area contributed by atoms with E-state index in [9.17, 15) is 0 Å². The first-order chi connectivity index (χ1) is 11.3. The zero-order chi connectivity index (χ0) is 15.6. The summed E-state index contributed by atoms with van der Waals surface area (Å²) in [6, 6.07) is 22.3. The fraction of sp³-hybridized carbons (Fsp3) is 0. The lowest BCUT2D eigenvalue weighted by Gasteiger charge is -2.04. The summed E-state index contributed by atoms with van der Waals surface area (Å²) in [6.45, 7) is 0. The summed E-state index contributed by atoms with van der Waals surface area (Å²) in [5, 5.41) is 9.39. The van der Waals surface area contributed by atoms with Gasteiger partial charge in [0, 0.05) is 21.7 Å². The summed E-state index contributed by atoms with van der Waals surface area (Å²) < 4.78 is 0. The molecule has 0 fully saturated rings. The Bertz CT molecular complexity index is 972. The molecule has 0 radical (unpaired) electrons. The average molecular weight is 337 g/mol. The summed E-state index contributed by atoms with van der Waals surface area (Å²) in [4.78, 5) is 4.72. The van der Waals surface area contributed by atoms with Crippen molar-refractivity contribution in [3.05, 3.63) is 77.1 Å². The molecule has 0 aliphatic heterocycles. The Morgan fingerprint density at radius 2 is 1.74 bits per heavy atom. The average Bonchev–Trinajstić information content (AvgIpc) is 3.02. The van der Waals surface area contributed by atoms with Gasteiger partial charge in [-0.15, -0.1) is 11.3 Å². The van der Waals surface area contributed by atoms with Crippen molar-refractivity contribution in [2.75, 3.05) is 5.32 Å².